The fourth-order valence-corrected chi connectivity index (χ4v) is 1.55. The summed E-state index contributed by atoms with van der Waals surface area (Å²) in [5, 5.41) is 8.15. The van der Waals surface area contributed by atoms with Gasteiger partial charge >= 0.3 is 0 Å². The highest BCUT2D eigenvalue weighted by molar-refractivity contribution is 6.29. The van der Waals surface area contributed by atoms with Gasteiger partial charge in [-0.3, -0.25) is 0 Å². The van der Waals surface area contributed by atoms with Gasteiger partial charge < -0.3 is 9.47 Å². The molecule has 0 aromatic carbocycles. The fourth-order valence-electron chi connectivity index (χ4n) is 1.35. The van der Waals surface area contributed by atoms with E-state index in [0.717, 1.165) is 0 Å². The van der Waals surface area contributed by atoms with Crippen molar-refractivity contribution in [2.75, 3.05) is 14.2 Å². The standard InChI is InChI=1S/C11H11ClN4O2/c1-17-6-7-5-9(12)14-11(13-7)8-3-4-10(18-2)16-15-8/h3-5H,6H2,1-2H3. The van der Waals surface area contributed by atoms with Gasteiger partial charge in [0.15, 0.2) is 5.82 Å². The first-order chi connectivity index (χ1) is 8.72. The molecule has 0 amide bonds. The smallest absolute Gasteiger partial charge is 0.233 e. The first-order valence-corrected chi connectivity index (χ1v) is 5.51. The van der Waals surface area contributed by atoms with Crippen molar-refractivity contribution in [1.82, 2.24) is 20.2 Å². The molecule has 0 saturated heterocycles. The van der Waals surface area contributed by atoms with Crippen LogP contribution in [0.25, 0.3) is 11.5 Å². The van der Waals surface area contributed by atoms with Gasteiger partial charge in [0.25, 0.3) is 0 Å². The Kier molecular flexibility index (Phi) is 4.01. The minimum Gasteiger partial charge on any atom is -0.480 e. The van der Waals surface area contributed by atoms with Crippen LogP contribution in [0.2, 0.25) is 5.15 Å². The van der Waals surface area contributed by atoms with Gasteiger partial charge in [-0.05, 0) is 12.1 Å². The molecule has 7 heteroatoms. The minimum atomic E-state index is 0.338. The van der Waals surface area contributed by atoms with E-state index in [9.17, 15) is 0 Å². The first-order valence-electron chi connectivity index (χ1n) is 5.13. The van der Waals surface area contributed by atoms with Gasteiger partial charge in [0.05, 0.1) is 19.4 Å². The summed E-state index contributed by atoms with van der Waals surface area (Å²) in [5.41, 5.74) is 1.21. The maximum absolute atomic E-state index is 5.91. The second-order valence-corrected chi connectivity index (χ2v) is 3.79. The van der Waals surface area contributed by atoms with E-state index in [1.807, 2.05) is 0 Å². The van der Waals surface area contributed by atoms with E-state index in [1.54, 1.807) is 25.3 Å². The zero-order chi connectivity index (χ0) is 13.0. The third kappa shape index (κ3) is 2.91. The van der Waals surface area contributed by atoms with E-state index >= 15 is 0 Å². The quantitative estimate of drug-likeness (QED) is 0.785. The van der Waals surface area contributed by atoms with Gasteiger partial charge in [0, 0.05) is 13.2 Å². The fraction of sp³-hybridized carbons (Fsp3) is 0.273. The molecule has 0 atom stereocenters. The van der Waals surface area contributed by atoms with Crippen LogP contribution in [-0.2, 0) is 11.3 Å². The highest BCUT2D eigenvalue weighted by Gasteiger charge is 2.08. The summed E-state index contributed by atoms with van der Waals surface area (Å²) < 4.78 is 9.94. The van der Waals surface area contributed by atoms with Crippen molar-refractivity contribution in [2.24, 2.45) is 0 Å². The monoisotopic (exact) mass is 266 g/mol. The predicted molar refractivity (Wildman–Crippen MR) is 65.3 cm³/mol. The predicted octanol–water partition coefficient (Wildman–Crippen LogP) is 1.74. The average Bonchev–Trinajstić information content (AvgIpc) is 2.38. The summed E-state index contributed by atoms with van der Waals surface area (Å²) in [6.45, 7) is 0.360. The van der Waals surface area contributed by atoms with Crippen LogP contribution < -0.4 is 4.74 Å². The largest absolute Gasteiger partial charge is 0.480 e. The summed E-state index contributed by atoms with van der Waals surface area (Å²) in [6, 6.07) is 5.04. The zero-order valence-electron chi connectivity index (χ0n) is 9.92. The maximum Gasteiger partial charge on any atom is 0.233 e. The molecule has 0 fully saturated rings. The molecule has 2 aromatic heterocycles. The molecule has 0 bridgehead atoms. The van der Waals surface area contributed by atoms with Crippen molar-refractivity contribution in [3.05, 3.63) is 29.0 Å². The van der Waals surface area contributed by atoms with Gasteiger partial charge in [-0.1, -0.05) is 11.6 Å². The van der Waals surface area contributed by atoms with Gasteiger partial charge in [0.2, 0.25) is 5.88 Å². The van der Waals surface area contributed by atoms with Crippen LogP contribution in [0.1, 0.15) is 5.69 Å². The van der Waals surface area contributed by atoms with Gasteiger partial charge in [-0.15, -0.1) is 10.2 Å². The molecule has 0 radical (unpaired) electrons. The van der Waals surface area contributed by atoms with Crippen LogP contribution in [0.3, 0.4) is 0 Å². The first kappa shape index (κ1) is 12.7. The highest BCUT2D eigenvalue weighted by atomic mass is 35.5. The molecular formula is C11H11ClN4O2. The molecule has 0 aliphatic heterocycles. The number of aromatic nitrogens is 4. The lowest BCUT2D eigenvalue weighted by Crippen LogP contribution is -2.00. The molecule has 2 aromatic rings. The summed E-state index contributed by atoms with van der Waals surface area (Å²) in [7, 11) is 3.11. The molecule has 94 valence electrons. The van der Waals surface area contributed by atoms with Crippen LogP contribution in [0, 0.1) is 0 Å². The normalized spacial score (nSPS) is 10.4. The van der Waals surface area contributed by atoms with Crippen molar-refractivity contribution in [3.8, 4) is 17.4 Å². The summed E-state index contributed by atoms with van der Waals surface area (Å²) in [5.74, 6) is 0.836. The van der Waals surface area contributed by atoms with E-state index in [1.165, 1.54) is 7.11 Å². The van der Waals surface area contributed by atoms with E-state index in [-0.39, 0.29) is 0 Å². The van der Waals surface area contributed by atoms with Crippen molar-refractivity contribution in [1.29, 1.82) is 0 Å². The Bertz CT molecular complexity index is 533. The third-order valence-corrected chi connectivity index (χ3v) is 2.31. The second kappa shape index (κ2) is 5.70. The van der Waals surface area contributed by atoms with Gasteiger partial charge in [-0.2, -0.15) is 0 Å². The van der Waals surface area contributed by atoms with Gasteiger partial charge in [0.1, 0.15) is 10.8 Å². The number of halogens is 1. The Hall–Kier alpha value is -1.79. The Labute approximate surface area is 109 Å². The van der Waals surface area contributed by atoms with Crippen molar-refractivity contribution in [3.63, 3.8) is 0 Å². The Morgan fingerprint density at radius 2 is 2.00 bits per heavy atom. The number of rotatable bonds is 4. The van der Waals surface area contributed by atoms with Crippen molar-refractivity contribution >= 4 is 11.6 Å². The Morgan fingerprint density at radius 1 is 1.17 bits per heavy atom. The van der Waals surface area contributed by atoms with Crippen LogP contribution in [0.4, 0.5) is 0 Å². The van der Waals surface area contributed by atoms with Crippen molar-refractivity contribution < 1.29 is 9.47 Å². The molecule has 0 spiro atoms. The molecule has 2 rings (SSSR count). The molecule has 2 heterocycles. The Morgan fingerprint density at radius 3 is 2.61 bits per heavy atom. The van der Waals surface area contributed by atoms with E-state index < -0.39 is 0 Å². The number of ether oxygens (including phenoxy) is 2. The molecule has 0 saturated carbocycles. The van der Waals surface area contributed by atoms with Crippen LogP contribution >= 0.6 is 11.6 Å². The van der Waals surface area contributed by atoms with Crippen LogP contribution in [0.5, 0.6) is 5.88 Å². The number of nitrogens with zero attached hydrogens (tertiary/aromatic N) is 4. The third-order valence-electron chi connectivity index (χ3n) is 2.12. The average molecular weight is 267 g/mol. The lowest BCUT2D eigenvalue weighted by Gasteiger charge is -2.04. The summed E-state index contributed by atoms with van der Waals surface area (Å²) in [6.07, 6.45) is 0. The van der Waals surface area contributed by atoms with Crippen LogP contribution in [-0.4, -0.2) is 34.4 Å². The summed E-state index contributed by atoms with van der Waals surface area (Å²) in [4.78, 5) is 8.38. The summed E-state index contributed by atoms with van der Waals surface area (Å²) >= 11 is 5.91. The molecule has 0 aliphatic rings. The minimum absolute atomic E-state index is 0.338. The molecule has 0 unspecified atom stereocenters. The SMILES string of the molecule is COCc1cc(Cl)nc(-c2ccc(OC)nn2)n1. The maximum atomic E-state index is 5.91. The van der Waals surface area contributed by atoms with Gasteiger partial charge in [-0.25, -0.2) is 9.97 Å². The second-order valence-electron chi connectivity index (χ2n) is 3.40. The Balaban J connectivity index is 2.36. The zero-order valence-corrected chi connectivity index (χ0v) is 10.7. The van der Waals surface area contributed by atoms with E-state index in [4.69, 9.17) is 21.1 Å². The molecule has 0 N–H and O–H groups in total. The number of hydrogen-bond acceptors (Lipinski definition) is 6. The van der Waals surface area contributed by atoms with E-state index in [2.05, 4.69) is 20.2 Å². The lowest BCUT2D eigenvalue weighted by atomic mass is 10.3. The van der Waals surface area contributed by atoms with Crippen molar-refractivity contribution in [2.45, 2.75) is 6.61 Å². The van der Waals surface area contributed by atoms with Crippen LogP contribution in [0.15, 0.2) is 18.2 Å². The highest BCUT2D eigenvalue weighted by Crippen LogP contribution is 2.17. The molecular weight excluding hydrogens is 256 g/mol. The number of methoxy groups -OCH3 is 2. The topological polar surface area (TPSA) is 70.0 Å². The lowest BCUT2D eigenvalue weighted by molar-refractivity contribution is 0.181. The molecule has 6 nitrogen and oxygen atoms in total. The molecule has 18 heavy (non-hydrogen) atoms. The molecule has 0 aliphatic carbocycles. The number of hydrogen-bond donors (Lipinski definition) is 0. The van der Waals surface area contributed by atoms with E-state index in [0.29, 0.717) is 34.9 Å².